The van der Waals surface area contributed by atoms with Crippen LogP contribution in [0.1, 0.15) is 33.1 Å². The van der Waals surface area contributed by atoms with E-state index in [4.69, 9.17) is 5.73 Å². The van der Waals surface area contributed by atoms with E-state index >= 15 is 0 Å². The molecule has 86 valence electrons. The van der Waals surface area contributed by atoms with Gasteiger partial charge in [-0.15, -0.1) is 0 Å². The first kappa shape index (κ1) is 10.9. The van der Waals surface area contributed by atoms with E-state index in [1.165, 1.54) is 12.8 Å². The summed E-state index contributed by atoms with van der Waals surface area (Å²) in [6.07, 6.45) is 3.26. The molecule has 0 aromatic heterocycles. The Balaban J connectivity index is 2.10. The smallest absolute Gasteiger partial charge is 0.237 e. The van der Waals surface area contributed by atoms with Gasteiger partial charge in [0.25, 0.3) is 0 Å². The Bertz CT molecular complexity index is 261. The largest absolute Gasteiger partial charge is 0.349 e. The Morgan fingerprint density at radius 3 is 2.73 bits per heavy atom. The van der Waals surface area contributed by atoms with Crippen LogP contribution in [-0.4, -0.2) is 41.5 Å². The van der Waals surface area contributed by atoms with Gasteiger partial charge in [-0.2, -0.15) is 0 Å². The van der Waals surface area contributed by atoms with Gasteiger partial charge in [-0.05, 0) is 39.7 Å². The molecule has 4 heteroatoms. The first-order valence-electron chi connectivity index (χ1n) is 5.81. The van der Waals surface area contributed by atoms with Gasteiger partial charge in [0.15, 0.2) is 0 Å². The van der Waals surface area contributed by atoms with E-state index in [1.807, 2.05) is 0 Å². The standard InChI is InChI=1S/C11H21N3O/c1-11(2)7-14(8-3-4-8)9(5-6-12)10(15)13-11/h8-9H,3-7,12H2,1-2H3,(H,13,15). The molecule has 15 heavy (non-hydrogen) atoms. The van der Waals surface area contributed by atoms with E-state index < -0.39 is 0 Å². The van der Waals surface area contributed by atoms with Crippen molar-refractivity contribution in [3.63, 3.8) is 0 Å². The van der Waals surface area contributed by atoms with E-state index in [0.29, 0.717) is 12.6 Å². The summed E-state index contributed by atoms with van der Waals surface area (Å²) in [7, 11) is 0. The summed E-state index contributed by atoms with van der Waals surface area (Å²) in [5.74, 6) is 0.156. The molecule has 1 aliphatic heterocycles. The highest BCUT2D eigenvalue weighted by molar-refractivity contribution is 5.83. The number of amides is 1. The number of nitrogens with one attached hydrogen (secondary N) is 1. The highest BCUT2D eigenvalue weighted by Gasteiger charge is 2.44. The molecule has 1 unspecified atom stereocenters. The highest BCUT2D eigenvalue weighted by Crippen LogP contribution is 2.32. The third kappa shape index (κ3) is 2.32. The fourth-order valence-electron chi connectivity index (χ4n) is 2.42. The van der Waals surface area contributed by atoms with Crippen molar-refractivity contribution < 1.29 is 4.79 Å². The van der Waals surface area contributed by atoms with E-state index in [2.05, 4.69) is 24.1 Å². The Morgan fingerprint density at radius 2 is 2.20 bits per heavy atom. The molecule has 0 spiro atoms. The molecule has 1 heterocycles. The van der Waals surface area contributed by atoms with Crippen LogP contribution < -0.4 is 11.1 Å². The van der Waals surface area contributed by atoms with Crippen LogP contribution in [-0.2, 0) is 4.79 Å². The van der Waals surface area contributed by atoms with Crippen molar-refractivity contribution >= 4 is 5.91 Å². The summed E-state index contributed by atoms with van der Waals surface area (Å²) in [6, 6.07) is 0.641. The van der Waals surface area contributed by atoms with Gasteiger partial charge in [-0.3, -0.25) is 9.69 Å². The van der Waals surface area contributed by atoms with E-state index in [9.17, 15) is 4.79 Å². The first-order valence-corrected chi connectivity index (χ1v) is 5.81. The Kier molecular flexibility index (Phi) is 2.73. The number of hydrogen-bond acceptors (Lipinski definition) is 3. The van der Waals surface area contributed by atoms with Crippen molar-refractivity contribution in [3.8, 4) is 0 Å². The Labute approximate surface area is 91.2 Å². The third-order valence-electron chi connectivity index (χ3n) is 3.20. The molecule has 4 nitrogen and oxygen atoms in total. The molecule has 1 aliphatic carbocycles. The summed E-state index contributed by atoms with van der Waals surface area (Å²) in [6.45, 7) is 5.70. The minimum absolute atomic E-state index is 0.00975. The third-order valence-corrected chi connectivity index (χ3v) is 3.20. The molecular weight excluding hydrogens is 190 g/mol. The lowest BCUT2D eigenvalue weighted by Gasteiger charge is -2.43. The van der Waals surface area contributed by atoms with Gasteiger partial charge in [-0.25, -0.2) is 0 Å². The van der Waals surface area contributed by atoms with E-state index in [-0.39, 0.29) is 17.5 Å². The quantitative estimate of drug-likeness (QED) is 0.695. The predicted molar refractivity (Wildman–Crippen MR) is 59.4 cm³/mol. The normalized spacial score (nSPS) is 31.4. The number of piperazine rings is 1. The lowest BCUT2D eigenvalue weighted by Crippen LogP contribution is -2.65. The van der Waals surface area contributed by atoms with Gasteiger partial charge in [-0.1, -0.05) is 0 Å². The van der Waals surface area contributed by atoms with Gasteiger partial charge < -0.3 is 11.1 Å². The Hall–Kier alpha value is -0.610. The second kappa shape index (κ2) is 3.76. The van der Waals surface area contributed by atoms with Gasteiger partial charge in [0.2, 0.25) is 5.91 Å². The van der Waals surface area contributed by atoms with Crippen LogP contribution in [0, 0.1) is 0 Å². The van der Waals surface area contributed by atoms with E-state index in [0.717, 1.165) is 13.0 Å². The summed E-state index contributed by atoms with van der Waals surface area (Å²) >= 11 is 0. The predicted octanol–water partition coefficient (Wildman–Crippen LogP) is 0.0766. The molecule has 1 saturated carbocycles. The van der Waals surface area contributed by atoms with Crippen LogP contribution in [0.2, 0.25) is 0 Å². The number of carbonyl (C=O) groups is 1. The molecule has 2 fully saturated rings. The second-order valence-electron chi connectivity index (χ2n) is 5.37. The lowest BCUT2D eigenvalue weighted by atomic mass is 9.96. The molecule has 2 aliphatic rings. The topological polar surface area (TPSA) is 58.4 Å². The SMILES string of the molecule is CC1(C)CN(C2CC2)C(CCN)C(=O)N1. The molecular formula is C11H21N3O. The number of hydrogen-bond donors (Lipinski definition) is 2. The molecule has 1 atom stereocenters. The van der Waals surface area contributed by atoms with Gasteiger partial charge in [0.05, 0.1) is 6.04 Å². The number of carbonyl (C=O) groups excluding carboxylic acids is 1. The van der Waals surface area contributed by atoms with Crippen LogP contribution in [0.5, 0.6) is 0 Å². The van der Waals surface area contributed by atoms with Crippen molar-refractivity contribution in [3.05, 3.63) is 0 Å². The van der Waals surface area contributed by atoms with Crippen molar-refractivity contribution in [2.45, 2.75) is 50.7 Å². The van der Waals surface area contributed by atoms with Crippen molar-refractivity contribution in [2.75, 3.05) is 13.1 Å². The summed E-state index contributed by atoms with van der Waals surface area (Å²) < 4.78 is 0. The van der Waals surface area contributed by atoms with Crippen molar-refractivity contribution in [1.82, 2.24) is 10.2 Å². The molecule has 0 radical (unpaired) electrons. The minimum atomic E-state index is -0.0925. The maximum absolute atomic E-state index is 11.9. The summed E-state index contributed by atoms with van der Waals surface area (Å²) in [4.78, 5) is 14.3. The van der Waals surface area contributed by atoms with Crippen molar-refractivity contribution in [2.24, 2.45) is 5.73 Å². The molecule has 0 bridgehead atoms. The average molecular weight is 211 g/mol. The molecule has 1 amide bonds. The fraction of sp³-hybridized carbons (Fsp3) is 0.909. The van der Waals surface area contributed by atoms with Crippen molar-refractivity contribution in [1.29, 1.82) is 0 Å². The van der Waals surface area contributed by atoms with Gasteiger partial charge in [0, 0.05) is 18.1 Å². The average Bonchev–Trinajstić information content (AvgIpc) is 2.91. The molecule has 1 saturated heterocycles. The first-order chi connectivity index (χ1) is 7.03. The van der Waals surface area contributed by atoms with Crippen LogP contribution in [0.25, 0.3) is 0 Å². The lowest BCUT2D eigenvalue weighted by molar-refractivity contribution is -0.133. The molecule has 0 aromatic carbocycles. The minimum Gasteiger partial charge on any atom is -0.349 e. The number of rotatable bonds is 3. The molecule has 2 rings (SSSR count). The van der Waals surface area contributed by atoms with Crippen LogP contribution in [0.3, 0.4) is 0 Å². The van der Waals surface area contributed by atoms with Crippen LogP contribution in [0.15, 0.2) is 0 Å². The zero-order valence-corrected chi connectivity index (χ0v) is 9.62. The molecule has 3 N–H and O–H groups in total. The van der Waals surface area contributed by atoms with Crippen LogP contribution in [0.4, 0.5) is 0 Å². The van der Waals surface area contributed by atoms with Gasteiger partial charge >= 0.3 is 0 Å². The highest BCUT2D eigenvalue weighted by atomic mass is 16.2. The van der Waals surface area contributed by atoms with Crippen LogP contribution >= 0.6 is 0 Å². The summed E-state index contributed by atoms with van der Waals surface area (Å²) in [5.41, 5.74) is 5.47. The maximum Gasteiger partial charge on any atom is 0.237 e. The summed E-state index contributed by atoms with van der Waals surface area (Å²) in [5, 5.41) is 3.07. The fourth-order valence-corrected chi connectivity index (χ4v) is 2.42. The number of nitrogens with two attached hydrogens (primary N) is 1. The Morgan fingerprint density at radius 1 is 1.53 bits per heavy atom. The maximum atomic E-state index is 11.9. The zero-order valence-electron chi connectivity index (χ0n) is 9.62. The monoisotopic (exact) mass is 211 g/mol. The molecule has 0 aromatic rings. The second-order valence-corrected chi connectivity index (χ2v) is 5.37. The van der Waals surface area contributed by atoms with E-state index in [1.54, 1.807) is 0 Å². The van der Waals surface area contributed by atoms with Gasteiger partial charge in [0.1, 0.15) is 0 Å². The number of nitrogens with zero attached hydrogens (tertiary/aromatic N) is 1. The zero-order chi connectivity index (χ0) is 11.1.